The first-order chi connectivity index (χ1) is 10.0. The van der Waals surface area contributed by atoms with Crippen LogP contribution in [0.25, 0.3) is 0 Å². The van der Waals surface area contributed by atoms with Gasteiger partial charge in [-0.05, 0) is 30.9 Å². The second-order valence-electron chi connectivity index (χ2n) is 5.54. The highest BCUT2D eigenvalue weighted by Gasteiger charge is 2.14. The van der Waals surface area contributed by atoms with Gasteiger partial charge in [0.05, 0.1) is 5.69 Å². The van der Waals surface area contributed by atoms with Crippen LogP contribution in [0.5, 0.6) is 5.75 Å². The fourth-order valence-corrected chi connectivity index (χ4v) is 3.33. The second-order valence-corrected chi connectivity index (χ2v) is 6.66. The first kappa shape index (κ1) is 16.0. The summed E-state index contributed by atoms with van der Waals surface area (Å²) >= 11 is 1.66. The Labute approximate surface area is 131 Å². The predicted octanol–water partition coefficient (Wildman–Crippen LogP) is 4.43. The molecule has 1 heterocycles. The Morgan fingerprint density at radius 2 is 1.95 bits per heavy atom. The molecule has 0 radical (unpaired) electrons. The summed E-state index contributed by atoms with van der Waals surface area (Å²) in [4.78, 5) is 5.83. The van der Waals surface area contributed by atoms with Crippen molar-refractivity contribution in [1.82, 2.24) is 4.98 Å². The molecular weight excluding hydrogens is 280 g/mol. The van der Waals surface area contributed by atoms with Crippen LogP contribution in [0.2, 0.25) is 0 Å². The summed E-state index contributed by atoms with van der Waals surface area (Å²) in [5.74, 6) is 1.39. The third kappa shape index (κ3) is 3.83. The fourth-order valence-electron chi connectivity index (χ4n) is 2.31. The first-order valence-corrected chi connectivity index (χ1v) is 8.30. The Kier molecular flexibility index (Phi) is 5.37. The third-order valence-corrected chi connectivity index (χ3v) is 4.68. The van der Waals surface area contributed by atoms with Gasteiger partial charge in [0.15, 0.2) is 0 Å². The number of benzene rings is 1. The lowest BCUT2D eigenvalue weighted by Gasteiger charge is -2.12. The van der Waals surface area contributed by atoms with Gasteiger partial charge < -0.3 is 10.5 Å². The number of thiazole rings is 1. The number of para-hydroxylation sites is 1. The highest BCUT2D eigenvalue weighted by molar-refractivity contribution is 7.11. The number of hydrogen-bond donors (Lipinski definition) is 1. The van der Waals surface area contributed by atoms with Gasteiger partial charge in [-0.1, -0.05) is 39.0 Å². The van der Waals surface area contributed by atoms with Crippen LogP contribution in [-0.4, -0.2) is 4.98 Å². The molecule has 1 aromatic carbocycles. The zero-order valence-electron chi connectivity index (χ0n) is 13.2. The Morgan fingerprint density at radius 3 is 2.52 bits per heavy atom. The van der Waals surface area contributed by atoms with Crippen LogP contribution in [0.4, 0.5) is 0 Å². The predicted molar refractivity (Wildman–Crippen MR) is 89.0 cm³/mol. The number of nitrogens with two attached hydrogens (primary N) is 1. The molecule has 0 bridgehead atoms. The van der Waals surface area contributed by atoms with E-state index in [0.29, 0.717) is 12.5 Å². The summed E-state index contributed by atoms with van der Waals surface area (Å²) < 4.78 is 5.98. The van der Waals surface area contributed by atoms with Crippen molar-refractivity contribution in [3.63, 3.8) is 0 Å². The molecule has 0 saturated heterocycles. The number of aromatic nitrogens is 1. The molecule has 3 nitrogen and oxygen atoms in total. The highest BCUT2D eigenvalue weighted by atomic mass is 32.1. The van der Waals surface area contributed by atoms with Crippen LogP contribution in [0.15, 0.2) is 24.3 Å². The topological polar surface area (TPSA) is 48.1 Å². The molecule has 2 N–H and O–H groups in total. The lowest BCUT2D eigenvalue weighted by molar-refractivity contribution is 0.301. The van der Waals surface area contributed by atoms with Gasteiger partial charge in [-0.3, -0.25) is 0 Å². The average molecular weight is 304 g/mol. The van der Waals surface area contributed by atoms with Crippen LogP contribution in [0.3, 0.4) is 0 Å². The van der Waals surface area contributed by atoms with E-state index in [2.05, 4.69) is 37.9 Å². The summed E-state index contributed by atoms with van der Waals surface area (Å²) in [6, 6.07) is 8.24. The van der Waals surface area contributed by atoms with E-state index in [4.69, 9.17) is 10.5 Å². The zero-order valence-corrected chi connectivity index (χ0v) is 14.0. The molecule has 0 aliphatic rings. The molecule has 0 aliphatic carbocycles. The van der Waals surface area contributed by atoms with Crippen molar-refractivity contribution in [2.45, 2.75) is 52.7 Å². The van der Waals surface area contributed by atoms with E-state index >= 15 is 0 Å². The number of hydrogen-bond acceptors (Lipinski definition) is 4. The number of ether oxygens (including phenoxy) is 1. The van der Waals surface area contributed by atoms with Crippen LogP contribution in [-0.2, 0) is 13.0 Å². The van der Waals surface area contributed by atoms with E-state index < -0.39 is 0 Å². The van der Waals surface area contributed by atoms with Gasteiger partial charge in [0.1, 0.15) is 17.4 Å². The normalized spacial score (nSPS) is 12.7. The summed E-state index contributed by atoms with van der Waals surface area (Å²) in [6.07, 6.45) is 0.913. The Morgan fingerprint density at radius 1 is 1.24 bits per heavy atom. The van der Waals surface area contributed by atoms with Gasteiger partial charge >= 0.3 is 0 Å². The third-order valence-electron chi connectivity index (χ3n) is 3.41. The van der Waals surface area contributed by atoms with Gasteiger partial charge in [-0.25, -0.2) is 4.98 Å². The van der Waals surface area contributed by atoms with E-state index in [1.54, 1.807) is 11.3 Å². The van der Waals surface area contributed by atoms with Crippen LogP contribution < -0.4 is 10.5 Å². The molecule has 4 heteroatoms. The molecular formula is C17H24N2OS. The van der Waals surface area contributed by atoms with Crippen molar-refractivity contribution < 1.29 is 4.74 Å². The van der Waals surface area contributed by atoms with Gasteiger partial charge in [0.2, 0.25) is 0 Å². The summed E-state index contributed by atoms with van der Waals surface area (Å²) in [7, 11) is 0. The molecule has 0 fully saturated rings. The molecule has 21 heavy (non-hydrogen) atoms. The van der Waals surface area contributed by atoms with Crippen molar-refractivity contribution in [1.29, 1.82) is 0 Å². The molecule has 114 valence electrons. The molecule has 0 spiro atoms. The zero-order chi connectivity index (χ0) is 15.4. The van der Waals surface area contributed by atoms with Crippen LogP contribution in [0, 0.1) is 0 Å². The molecule has 1 unspecified atom stereocenters. The molecule has 1 atom stereocenters. The average Bonchev–Trinajstić information content (AvgIpc) is 2.89. The minimum atomic E-state index is 0.0363. The Balaban J connectivity index is 2.14. The standard InChI is InChI=1S/C17H24N2OS/c1-5-14-17(12(4)18)21-16(19-14)10-20-15-9-7-6-8-13(15)11(2)3/h6-9,11-12H,5,10,18H2,1-4H3. The number of rotatable bonds is 6. The van der Waals surface area contributed by atoms with E-state index in [1.807, 2.05) is 19.1 Å². The number of aryl methyl sites for hydroxylation is 1. The second kappa shape index (κ2) is 7.05. The SMILES string of the molecule is CCc1nc(COc2ccccc2C(C)C)sc1C(C)N. The van der Waals surface area contributed by atoms with E-state index in [9.17, 15) is 0 Å². The molecule has 0 saturated carbocycles. The minimum Gasteiger partial charge on any atom is -0.486 e. The molecule has 2 rings (SSSR count). The summed E-state index contributed by atoms with van der Waals surface area (Å²) in [6.45, 7) is 8.98. The molecule has 2 aromatic rings. The van der Waals surface area contributed by atoms with Gasteiger partial charge in [0, 0.05) is 10.9 Å². The van der Waals surface area contributed by atoms with E-state index in [1.165, 1.54) is 10.4 Å². The van der Waals surface area contributed by atoms with Crippen molar-refractivity contribution in [2.24, 2.45) is 5.73 Å². The molecule has 1 aromatic heterocycles. The largest absolute Gasteiger partial charge is 0.486 e. The van der Waals surface area contributed by atoms with E-state index in [-0.39, 0.29) is 6.04 Å². The highest BCUT2D eigenvalue weighted by Crippen LogP contribution is 2.29. The quantitative estimate of drug-likeness (QED) is 0.859. The fraction of sp³-hybridized carbons (Fsp3) is 0.471. The monoisotopic (exact) mass is 304 g/mol. The molecule has 0 amide bonds. The maximum atomic E-state index is 6.00. The molecule has 0 aliphatic heterocycles. The maximum absolute atomic E-state index is 6.00. The van der Waals surface area contributed by atoms with E-state index in [0.717, 1.165) is 22.9 Å². The minimum absolute atomic E-state index is 0.0363. The maximum Gasteiger partial charge on any atom is 0.140 e. The lowest BCUT2D eigenvalue weighted by Crippen LogP contribution is -2.05. The first-order valence-electron chi connectivity index (χ1n) is 7.48. The summed E-state index contributed by atoms with van der Waals surface area (Å²) in [5, 5.41) is 0.998. The Bertz CT molecular complexity index is 590. The Hall–Kier alpha value is -1.39. The van der Waals surface area contributed by atoms with Crippen LogP contribution in [0.1, 0.15) is 60.8 Å². The van der Waals surface area contributed by atoms with Gasteiger partial charge in [0.25, 0.3) is 0 Å². The lowest BCUT2D eigenvalue weighted by atomic mass is 10.0. The smallest absolute Gasteiger partial charge is 0.140 e. The van der Waals surface area contributed by atoms with Crippen molar-refractivity contribution in [2.75, 3.05) is 0 Å². The van der Waals surface area contributed by atoms with Crippen molar-refractivity contribution in [3.8, 4) is 5.75 Å². The summed E-state index contributed by atoms with van der Waals surface area (Å²) in [5.41, 5.74) is 8.34. The van der Waals surface area contributed by atoms with Crippen LogP contribution >= 0.6 is 11.3 Å². The van der Waals surface area contributed by atoms with Gasteiger partial charge in [-0.2, -0.15) is 0 Å². The number of nitrogens with zero attached hydrogens (tertiary/aromatic N) is 1. The van der Waals surface area contributed by atoms with Crippen molar-refractivity contribution in [3.05, 3.63) is 45.4 Å². The van der Waals surface area contributed by atoms with Crippen molar-refractivity contribution >= 4 is 11.3 Å². The van der Waals surface area contributed by atoms with Gasteiger partial charge in [-0.15, -0.1) is 11.3 Å².